The minimum atomic E-state index is 0. The molecule has 0 saturated carbocycles. The first-order valence-electron chi connectivity index (χ1n) is 7.46. The smallest absolute Gasteiger partial charge is 0.255 e. The topological polar surface area (TPSA) is 86.0 Å². The van der Waals surface area contributed by atoms with Gasteiger partial charge in [0.1, 0.15) is 0 Å². The van der Waals surface area contributed by atoms with Crippen molar-refractivity contribution in [2.45, 2.75) is 41.5 Å². The average Bonchev–Trinajstić information content (AvgIpc) is 3.08. The van der Waals surface area contributed by atoms with Crippen molar-refractivity contribution in [1.29, 1.82) is 0 Å². The number of aromatic amines is 3. The van der Waals surface area contributed by atoms with E-state index >= 15 is 0 Å². The van der Waals surface area contributed by atoms with E-state index in [2.05, 4.69) is 51.4 Å². The van der Waals surface area contributed by atoms with Gasteiger partial charge in [0.2, 0.25) is 0 Å². The van der Waals surface area contributed by atoms with Crippen molar-refractivity contribution in [2.24, 2.45) is 0 Å². The zero-order chi connectivity index (χ0) is 16.0. The van der Waals surface area contributed by atoms with E-state index in [4.69, 9.17) is 0 Å². The van der Waals surface area contributed by atoms with Crippen LogP contribution in [-0.2, 0) is 25.8 Å². The summed E-state index contributed by atoms with van der Waals surface area (Å²) in [6, 6.07) is 0. The van der Waals surface area contributed by atoms with E-state index < -0.39 is 0 Å². The van der Waals surface area contributed by atoms with Crippen molar-refractivity contribution in [3.8, 4) is 0 Å². The summed E-state index contributed by atoms with van der Waals surface area (Å²) in [6.07, 6.45) is 0. The molecule has 0 amide bonds. The SMILES string of the molecule is Cc1n[nH]c(C)c1B(c1c(C)n[nH]c1C)c1c(C)n[nH]c1C.Cl.[CH3-].[Hf]. The molecule has 0 aromatic carbocycles. The van der Waals surface area contributed by atoms with Gasteiger partial charge in [-0.3, -0.25) is 15.3 Å². The van der Waals surface area contributed by atoms with E-state index in [-0.39, 0.29) is 52.4 Å². The Morgan fingerprint density at radius 1 is 0.600 bits per heavy atom. The van der Waals surface area contributed by atoms with Crippen LogP contribution in [0.2, 0.25) is 0 Å². The Hall–Kier alpha value is -1.14. The maximum atomic E-state index is 4.39. The number of aromatic nitrogens is 6. The van der Waals surface area contributed by atoms with E-state index in [9.17, 15) is 0 Å². The van der Waals surface area contributed by atoms with Gasteiger partial charge in [-0.2, -0.15) is 15.3 Å². The third kappa shape index (κ3) is 4.00. The Kier molecular flexibility index (Phi) is 8.57. The molecular formula is C16H25BClHfN6-. The second-order valence-corrected chi connectivity index (χ2v) is 5.98. The van der Waals surface area contributed by atoms with Crippen molar-refractivity contribution < 1.29 is 25.8 Å². The Bertz CT molecular complexity index is 669. The molecule has 0 aliphatic heterocycles. The van der Waals surface area contributed by atoms with Crippen molar-refractivity contribution in [2.75, 3.05) is 0 Å². The average molecular weight is 526 g/mol. The normalized spacial score (nSPS) is 9.84. The zero-order valence-corrected chi connectivity index (χ0v) is 20.2. The van der Waals surface area contributed by atoms with Crippen molar-refractivity contribution in [1.82, 2.24) is 30.6 Å². The maximum absolute atomic E-state index is 4.39. The quantitative estimate of drug-likeness (QED) is 0.353. The molecule has 0 radical (unpaired) electrons. The Balaban J connectivity index is 0.00000192. The minimum absolute atomic E-state index is 0. The monoisotopic (exact) mass is 527 g/mol. The summed E-state index contributed by atoms with van der Waals surface area (Å²) < 4.78 is 0. The van der Waals surface area contributed by atoms with Gasteiger partial charge in [0.25, 0.3) is 6.71 Å². The number of aryl methyl sites for hydroxylation is 6. The van der Waals surface area contributed by atoms with E-state index in [1.165, 1.54) is 16.4 Å². The zero-order valence-electron chi connectivity index (χ0n) is 15.8. The molecule has 6 nitrogen and oxygen atoms in total. The first-order chi connectivity index (χ1) is 10.4. The van der Waals surface area contributed by atoms with Crippen LogP contribution in [0.4, 0.5) is 0 Å². The molecule has 0 fully saturated rings. The van der Waals surface area contributed by atoms with Crippen LogP contribution < -0.4 is 16.4 Å². The first kappa shape index (κ1) is 23.9. The van der Waals surface area contributed by atoms with Gasteiger partial charge in [0.15, 0.2) is 0 Å². The number of hydrogen-bond acceptors (Lipinski definition) is 3. The Morgan fingerprint density at radius 3 is 1.00 bits per heavy atom. The van der Waals surface area contributed by atoms with Crippen LogP contribution in [0.1, 0.15) is 34.2 Å². The fourth-order valence-electron chi connectivity index (χ4n) is 3.39. The predicted molar refractivity (Wildman–Crippen MR) is 103 cm³/mol. The standard InChI is InChI=1S/C15H21BN6.CH3.ClH.Hf/c1-7-13(8(2)18-17-7)16(14-9(3)19-20-10(14)4)15-11(5)21-22-12(15)6;;;/h1-6H3,(H,17,18)(H,19,20)(H,21,22);1H3;1H;/q;-1;;. The van der Waals surface area contributed by atoms with Gasteiger partial charge in [-0.1, -0.05) is 0 Å². The minimum Gasteiger partial charge on any atom is -0.358 e. The van der Waals surface area contributed by atoms with Crippen molar-refractivity contribution >= 4 is 35.5 Å². The van der Waals surface area contributed by atoms with Crippen LogP contribution in [-0.4, -0.2) is 37.3 Å². The number of nitrogens with one attached hydrogen (secondary N) is 3. The van der Waals surface area contributed by atoms with E-state index in [0.717, 1.165) is 34.2 Å². The van der Waals surface area contributed by atoms with Crippen molar-refractivity contribution in [3.05, 3.63) is 41.6 Å². The number of nitrogens with zero attached hydrogens (tertiary/aromatic N) is 3. The molecule has 0 aliphatic rings. The van der Waals surface area contributed by atoms with Gasteiger partial charge in [0, 0.05) is 42.9 Å². The van der Waals surface area contributed by atoms with Crippen LogP contribution in [0.3, 0.4) is 0 Å². The molecule has 3 heterocycles. The molecule has 0 spiro atoms. The molecular weight excluding hydrogens is 501 g/mol. The van der Waals surface area contributed by atoms with Gasteiger partial charge < -0.3 is 7.43 Å². The first-order valence-corrected chi connectivity index (χ1v) is 7.46. The molecule has 0 atom stereocenters. The second kappa shape index (κ2) is 8.99. The molecule has 3 aromatic rings. The van der Waals surface area contributed by atoms with Gasteiger partial charge in [-0.05, 0) is 57.9 Å². The summed E-state index contributed by atoms with van der Waals surface area (Å²) in [5.74, 6) is 0. The summed E-state index contributed by atoms with van der Waals surface area (Å²) >= 11 is 0. The molecule has 0 aliphatic carbocycles. The van der Waals surface area contributed by atoms with Crippen LogP contribution in [0.15, 0.2) is 0 Å². The summed E-state index contributed by atoms with van der Waals surface area (Å²) in [5.41, 5.74) is 9.93. The molecule has 134 valence electrons. The van der Waals surface area contributed by atoms with E-state index in [1.54, 1.807) is 0 Å². The van der Waals surface area contributed by atoms with E-state index in [0.29, 0.717) is 0 Å². The number of rotatable bonds is 3. The molecule has 25 heavy (non-hydrogen) atoms. The third-order valence-corrected chi connectivity index (χ3v) is 4.42. The summed E-state index contributed by atoms with van der Waals surface area (Å²) in [6.45, 7) is 12.4. The predicted octanol–water partition coefficient (Wildman–Crippen LogP) is 1.09. The van der Waals surface area contributed by atoms with Crippen LogP contribution in [0.5, 0.6) is 0 Å². The molecule has 3 aromatic heterocycles. The van der Waals surface area contributed by atoms with Gasteiger partial charge >= 0.3 is 0 Å². The maximum Gasteiger partial charge on any atom is 0.255 e. The Labute approximate surface area is 174 Å². The molecule has 0 saturated heterocycles. The number of halogens is 1. The third-order valence-electron chi connectivity index (χ3n) is 4.42. The largest absolute Gasteiger partial charge is 0.358 e. The second-order valence-electron chi connectivity index (χ2n) is 5.98. The van der Waals surface area contributed by atoms with Gasteiger partial charge in [-0.15, -0.1) is 12.4 Å². The summed E-state index contributed by atoms with van der Waals surface area (Å²) in [5, 5.41) is 22.5. The van der Waals surface area contributed by atoms with E-state index in [1.807, 2.05) is 20.8 Å². The summed E-state index contributed by atoms with van der Waals surface area (Å²) in [4.78, 5) is 0. The molecule has 9 heteroatoms. The van der Waals surface area contributed by atoms with Crippen LogP contribution in [0, 0.1) is 49.0 Å². The van der Waals surface area contributed by atoms with Crippen LogP contribution in [0.25, 0.3) is 0 Å². The molecule has 0 bridgehead atoms. The Morgan fingerprint density at radius 2 is 0.840 bits per heavy atom. The van der Waals surface area contributed by atoms with Crippen LogP contribution >= 0.6 is 12.4 Å². The number of H-pyrrole nitrogens is 3. The fourth-order valence-corrected chi connectivity index (χ4v) is 3.39. The molecule has 3 rings (SSSR count). The fraction of sp³-hybridized carbons (Fsp3) is 0.375. The molecule has 0 unspecified atom stereocenters. The molecule has 3 N–H and O–H groups in total. The van der Waals surface area contributed by atoms with Gasteiger partial charge in [0.05, 0.1) is 17.1 Å². The van der Waals surface area contributed by atoms with Crippen molar-refractivity contribution in [3.63, 3.8) is 0 Å². The number of hydrogen-bond donors (Lipinski definition) is 3. The summed E-state index contributed by atoms with van der Waals surface area (Å²) in [7, 11) is 0. The van der Waals surface area contributed by atoms with Gasteiger partial charge in [-0.25, -0.2) is 0 Å².